The van der Waals surface area contributed by atoms with Crippen LogP contribution < -0.4 is 15.4 Å². The molecule has 1 aromatic carbocycles. The smallest absolute Gasteiger partial charge is 0.300 e. The van der Waals surface area contributed by atoms with Gasteiger partial charge in [-0.15, -0.1) is 11.3 Å². The Morgan fingerprint density at radius 3 is 2.57 bits per heavy atom. The van der Waals surface area contributed by atoms with Crippen LogP contribution in [0, 0.1) is 10.8 Å². The van der Waals surface area contributed by atoms with Gasteiger partial charge < -0.3 is 20.5 Å². The molecule has 0 radical (unpaired) electrons. The van der Waals surface area contributed by atoms with Crippen molar-refractivity contribution >= 4 is 23.2 Å². The Labute approximate surface area is 181 Å². The summed E-state index contributed by atoms with van der Waals surface area (Å²) in [5, 5.41) is 16.1. The van der Waals surface area contributed by atoms with Crippen LogP contribution >= 0.6 is 11.3 Å². The first-order valence-corrected chi connectivity index (χ1v) is 11.2. The average molecular weight is 431 g/mol. The normalized spacial score (nSPS) is 21.3. The van der Waals surface area contributed by atoms with Crippen LogP contribution in [0.5, 0.6) is 5.75 Å². The maximum atomic E-state index is 12.7. The summed E-state index contributed by atoms with van der Waals surface area (Å²) in [4.78, 5) is 22.9. The number of carboxylic acids is 1. The number of carboxylic acid groups (broad SMARTS) is 1. The van der Waals surface area contributed by atoms with Crippen LogP contribution in [0.1, 0.15) is 43.6 Å². The van der Waals surface area contributed by atoms with Gasteiger partial charge in [-0.3, -0.25) is 9.59 Å². The number of rotatable bonds is 6. The van der Waals surface area contributed by atoms with E-state index >= 15 is 0 Å². The third-order valence-corrected chi connectivity index (χ3v) is 7.06. The topological polar surface area (TPSA) is 87.7 Å². The van der Waals surface area contributed by atoms with E-state index in [9.17, 15) is 4.79 Å². The number of amides is 1. The van der Waals surface area contributed by atoms with Gasteiger partial charge in [0.1, 0.15) is 12.4 Å². The van der Waals surface area contributed by atoms with Gasteiger partial charge in [0, 0.05) is 17.4 Å². The number of carbonyl (C=O) groups excluding carboxylic acids is 1. The fourth-order valence-corrected chi connectivity index (χ4v) is 5.04. The van der Waals surface area contributed by atoms with Crippen LogP contribution in [0.25, 0.3) is 0 Å². The second kappa shape index (κ2) is 9.62. The summed E-state index contributed by atoms with van der Waals surface area (Å²) in [5.74, 6) is 0.261. The number of para-hydroxylation sites is 1. The lowest BCUT2D eigenvalue weighted by molar-refractivity contribution is -0.134. The third-order valence-electron chi connectivity index (χ3n) is 6.08. The molecule has 3 N–H and O–H groups in total. The zero-order chi connectivity index (χ0) is 21.6. The Balaban J connectivity index is 0.000000589. The highest BCUT2D eigenvalue weighted by Gasteiger charge is 2.67. The van der Waals surface area contributed by atoms with Crippen molar-refractivity contribution in [3.63, 3.8) is 0 Å². The molecule has 162 valence electrons. The molecule has 7 heteroatoms. The third kappa shape index (κ3) is 5.40. The van der Waals surface area contributed by atoms with Crippen LogP contribution in [0.2, 0.25) is 0 Å². The second-order valence-electron chi connectivity index (χ2n) is 8.26. The van der Waals surface area contributed by atoms with Crippen molar-refractivity contribution in [1.82, 2.24) is 10.6 Å². The van der Waals surface area contributed by atoms with Crippen LogP contribution in [0.4, 0.5) is 0 Å². The van der Waals surface area contributed by atoms with Crippen molar-refractivity contribution in [2.24, 2.45) is 10.8 Å². The van der Waals surface area contributed by atoms with E-state index in [0.717, 1.165) is 50.6 Å². The van der Waals surface area contributed by atoms with E-state index < -0.39 is 5.97 Å². The van der Waals surface area contributed by atoms with E-state index in [2.05, 4.69) is 29.0 Å². The van der Waals surface area contributed by atoms with Crippen molar-refractivity contribution in [3.8, 4) is 5.75 Å². The molecule has 2 aromatic rings. The van der Waals surface area contributed by atoms with Crippen molar-refractivity contribution in [2.45, 2.75) is 46.3 Å². The number of benzene rings is 1. The Morgan fingerprint density at radius 1 is 1.23 bits per heavy atom. The Kier molecular flexibility index (Phi) is 7.15. The first kappa shape index (κ1) is 22.3. The molecule has 1 aliphatic heterocycles. The molecular weight excluding hydrogens is 400 g/mol. The highest BCUT2D eigenvalue weighted by atomic mass is 32.1. The zero-order valence-corrected chi connectivity index (χ0v) is 18.4. The summed E-state index contributed by atoms with van der Waals surface area (Å²) in [7, 11) is 0. The Hall–Kier alpha value is -2.38. The van der Waals surface area contributed by atoms with Gasteiger partial charge in [-0.05, 0) is 61.3 Å². The first-order chi connectivity index (χ1) is 14.3. The van der Waals surface area contributed by atoms with E-state index in [0.29, 0.717) is 13.2 Å². The largest absolute Gasteiger partial charge is 0.489 e. The lowest BCUT2D eigenvalue weighted by Gasteiger charge is -2.27. The summed E-state index contributed by atoms with van der Waals surface area (Å²) >= 11 is 1.68. The van der Waals surface area contributed by atoms with Crippen LogP contribution in [0.15, 0.2) is 41.8 Å². The number of carbonyl (C=O) groups is 2. The highest BCUT2D eigenvalue weighted by molar-refractivity contribution is 7.10. The Bertz CT molecular complexity index is 857. The molecule has 1 spiro atoms. The molecule has 1 saturated carbocycles. The molecule has 0 bridgehead atoms. The second-order valence-corrected chi connectivity index (χ2v) is 9.26. The van der Waals surface area contributed by atoms with Gasteiger partial charge in [0.15, 0.2) is 0 Å². The average Bonchev–Trinajstić information content (AvgIpc) is 3.08. The molecule has 6 nitrogen and oxygen atoms in total. The summed E-state index contributed by atoms with van der Waals surface area (Å²) in [6.07, 6.45) is 3.28. The first-order valence-electron chi connectivity index (χ1n) is 10.3. The molecular formula is C23H30N2O4S. The van der Waals surface area contributed by atoms with Gasteiger partial charge >= 0.3 is 0 Å². The summed E-state index contributed by atoms with van der Waals surface area (Å²) < 4.78 is 5.78. The maximum absolute atomic E-state index is 12.7. The number of ether oxygens (including phenoxy) is 1. The summed E-state index contributed by atoms with van der Waals surface area (Å²) in [6, 6.07) is 12.0. The molecule has 2 fully saturated rings. The van der Waals surface area contributed by atoms with Crippen LogP contribution in [0.3, 0.4) is 0 Å². The van der Waals surface area contributed by atoms with Gasteiger partial charge in [0.25, 0.3) is 5.97 Å². The summed E-state index contributed by atoms with van der Waals surface area (Å²) in [6.45, 7) is 6.47. The van der Waals surface area contributed by atoms with E-state index in [1.54, 1.807) is 11.3 Å². The quantitative estimate of drug-likeness (QED) is 0.649. The van der Waals surface area contributed by atoms with E-state index in [4.69, 9.17) is 14.6 Å². The lowest BCUT2D eigenvalue weighted by Crippen LogP contribution is -2.38. The molecule has 2 aliphatic rings. The zero-order valence-electron chi connectivity index (χ0n) is 17.6. The number of hydrogen-bond acceptors (Lipinski definition) is 5. The lowest BCUT2D eigenvalue weighted by atomic mass is 9.85. The predicted octanol–water partition coefficient (Wildman–Crippen LogP) is 3.81. The fourth-order valence-electron chi connectivity index (χ4n) is 4.23. The molecule has 1 atom stereocenters. The number of hydrogen-bond donors (Lipinski definition) is 3. The van der Waals surface area contributed by atoms with Gasteiger partial charge in [-0.25, -0.2) is 0 Å². The minimum Gasteiger partial charge on any atom is -0.489 e. The number of aliphatic carboxylic acids is 1. The molecule has 1 unspecified atom stereocenters. The van der Waals surface area contributed by atoms with Crippen molar-refractivity contribution in [3.05, 3.63) is 52.2 Å². The fraction of sp³-hybridized carbons (Fsp3) is 0.478. The molecule has 30 heavy (non-hydrogen) atoms. The monoisotopic (exact) mass is 430 g/mol. The molecule has 4 rings (SSSR count). The van der Waals surface area contributed by atoms with Gasteiger partial charge in [-0.1, -0.05) is 25.1 Å². The standard InChI is InChI=1S/C21H26N2O2S.C2H4O2/c1-20(15-21(20)7-9-22-10-8-21)19(24)23-12-18-11-16(14-26-18)13-25-17-5-3-2-4-6-17;1-2(3)4/h2-6,11,14,22H,7-10,12-13,15H2,1H3,(H,23,24);1H3,(H,3,4). The summed E-state index contributed by atoms with van der Waals surface area (Å²) in [5.41, 5.74) is 1.22. The number of thiophene rings is 1. The molecule has 1 aliphatic carbocycles. The van der Waals surface area contributed by atoms with E-state index in [1.165, 1.54) is 4.88 Å². The maximum Gasteiger partial charge on any atom is 0.300 e. The van der Waals surface area contributed by atoms with Gasteiger partial charge in [0.2, 0.25) is 5.91 Å². The Morgan fingerprint density at radius 2 is 1.90 bits per heavy atom. The highest BCUT2D eigenvalue weighted by Crippen LogP contribution is 2.68. The number of nitrogens with one attached hydrogen (secondary N) is 2. The van der Waals surface area contributed by atoms with Crippen molar-refractivity contribution < 1.29 is 19.4 Å². The van der Waals surface area contributed by atoms with Crippen LogP contribution in [-0.4, -0.2) is 30.1 Å². The SMILES string of the molecule is CC(=O)O.CC1(C(=O)NCc2cc(COc3ccccc3)cs2)CC12CCNCC2. The van der Waals surface area contributed by atoms with Gasteiger partial charge in [0.05, 0.1) is 12.0 Å². The predicted molar refractivity (Wildman–Crippen MR) is 118 cm³/mol. The minimum atomic E-state index is -0.833. The number of piperidine rings is 1. The van der Waals surface area contributed by atoms with Crippen molar-refractivity contribution in [2.75, 3.05) is 13.1 Å². The molecule has 1 amide bonds. The molecule has 1 saturated heterocycles. The van der Waals surface area contributed by atoms with Gasteiger partial charge in [-0.2, -0.15) is 0 Å². The molecule has 1 aromatic heterocycles. The minimum absolute atomic E-state index is 0.175. The van der Waals surface area contributed by atoms with Crippen molar-refractivity contribution in [1.29, 1.82) is 0 Å². The van der Waals surface area contributed by atoms with E-state index in [-0.39, 0.29) is 16.7 Å². The van der Waals surface area contributed by atoms with Crippen LogP contribution in [-0.2, 0) is 22.7 Å². The van der Waals surface area contributed by atoms with E-state index in [1.807, 2.05) is 30.3 Å². The molecule has 2 heterocycles.